The minimum atomic E-state index is 0.140. The van der Waals surface area contributed by atoms with E-state index in [0.717, 1.165) is 17.7 Å². The first kappa shape index (κ1) is 15.0. The topological polar surface area (TPSA) is 44.5 Å². The van der Waals surface area contributed by atoms with Gasteiger partial charge in [0.25, 0.3) is 0 Å². The second kappa shape index (κ2) is 7.39. The maximum atomic E-state index is 5.86. The SMILES string of the molecule is Cc1cccc(CC(C)N)c1OCCOC(C)C. The third-order valence-corrected chi connectivity index (χ3v) is 2.62. The summed E-state index contributed by atoms with van der Waals surface area (Å²) in [4.78, 5) is 0. The Bertz CT molecular complexity index is 362. The molecule has 0 saturated heterocycles. The van der Waals surface area contributed by atoms with Crippen molar-refractivity contribution in [3.8, 4) is 5.75 Å². The van der Waals surface area contributed by atoms with Crippen LogP contribution < -0.4 is 10.5 Å². The van der Waals surface area contributed by atoms with Gasteiger partial charge in [-0.05, 0) is 45.2 Å². The molecule has 0 amide bonds. The Labute approximate surface area is 110 Å². The Morgan fingerprint density at radius 2 is 1.89 bits per heavy atom. The molecule has 0 bridgehead atoms. The van der Waals surface area contributed by atoms with Crippen LogP contribution in [-0.4, -0.2) is 25.4 Å². The molecule has 1 unspecified atom stereocenters. The summed E-state index contributed by atoms with van der Waals surface area (Å²) >= 11 is 0. The highest BCUT2D eigenvalue weighted by Crippen LogP contribution is 2.24. The number of nitrogens with two attached hydrogens (primary N) is 1. The minimum Gasteiger partial charge on any atom is -0.491 e. The van der Waals surface area contributed by atoms with E-state index in [-0.39, 0.29) is 12.1 Å². The van der Waals surface area contributed by atoms with E-state index >= 15 is 0 Å². The Kier molecular flexibility index (Phi) is 6.16. The van der Waals surface area contributed by atoms with Crippen molar-refractivity contribution in [1.29, 1.82) is 0 Å². The van der Waals surface area contributed by atoms with Crippen LogP contribution in [0.4, 0.5) is 0 Å². The quantitative estimate of drug-likeness (QED) is 0.758. The summed E-state index contributed by atoms with van der Waals surface area (Å²) in [5, 5.41) is 0. The zero-order valence-corrected chi connectivity index (χ0v) is 11.9. The van der Waals surface area contributed by atoms with Gasteiger partial charge in [0.1, 0.15) is 12.4 Å². The average molecular weight is 251 g/mol. The predicted octanol–water partition coefficient (Wildman–Crippen LogP) is 2.69. The second-order valence-corrected chi connectivity index (χ2v) is 5.01. The third-order valence-electron chi connectivity index (χ3n) is 2.62. The fraction of sp³-hybridized carbons (Fsp3) is 0.600. The maximum Gasteiger partial charge on any atom is 0.125 e. The number of aryl methyl sites for hydroxylation is 1. The van der Waals surface area contributed by atoms with Crippen molar-refractivity contribution in [3.63, 3.8) is 0 Å². The maximum absolute atomic E-state index is 5.86. The number of para-hydroxylation sites is 1. The lowest BCUT2D eigenvalue weighted by Crippen LogP contribution is -2.19. The molecule has 102 valence electrons. The normalized spacial score (nSPS) is 12.8. The molecule has 0 heterocycles. The molecular formula is C15H25NO2. The second-order valence-electron chi connectivity index (χ2n) is 5.01. The summed E-state index contributed by atoms with van der Waals surface area (Å²) in [7, 11) is 0. The summed E-state index contributed by atoms with van der Waals surface area (Å²) in [6.07, 6.45) is 1.08. The highest BCUT2D eigenvalue weighted by atomic mass is 16.5. The molecule has 0 radical (unpaired) electrons. The smallest absolute Gasteiger partial charge is 0.125 e. The highest BCUT2D eigenvalue weighted by Gasteiger charge is 2.08. The molecule has 0 aliphatic heterocycles. The zero-order valence-electron chi connectivity index (χ0n) is 11.9. The first-order valence-electron chi connectivity index (χ1n) is 6.59. The molecule has 3 heteroatoms. The molecule has 3 nitrogen and oxygen atoms in total. The van der Waals surface area contributed by atoms with Gasteiger partial charge >= 0.3 is 0 Å². The lowest BCUT2D eigenvalue weighted by molar-refractivity contribution is 0.0549. The minimum absolute atomic E-state index is 0.140. The van der Waals surface area contributed by atoms with Gasteiger partial charge in [0, 0.05) is 6.04 Å². The molecule has 0 aromatic heterocycles. The van der Waals surface area contributed by atoms with Crippen LogP contribution in [0.5, 0.6) is 5.75 Å². The van der Waals surface area contributed by atoms with Crippen LogP contribution in [0.3, 0.4) is 0 Å². The van der Waals surface area contributed by atoms with Crippen molar-refractivity contribution in [3.05, 3.63) is 29.3 Å². The Hall–Kier alpha value is -1.06. The first-order valence-corrected chi connectivity index (χ1v) is 6.59. The molecule has 1 aromatic carbocycles. The standard InChI is InChI=1S/C15H25NO2/c1-11(2)17-8-9-18-15-12(3)6-5-7-14(15)10-13(4)16/h5-7,11,13H,8-10,16H2,1-4H3. The van der Waals surface area contributed by atoms with Crippen LogP contribution >= 0.6 is 0 Å². The largest absolute Gasteiger partial charge is 0.491 e. The number of ether oxygens (including phenoxy) is 2. The molecule has 2 N–H and O–H groups in total. The summed E-state index contributed by atoms with van der Waals surface area (Å²) in [5.74, 6) is 0.960. The van der Waals surface area contributed by atoms with Crippen molar-refractivity contribution in [1.82, 2.24) is 0 Å². The lowest BCUT2D eigenvalue weighted by atomic mass is 10.0. The van der Waals surface area contributed by atoms with Crippen molar-refractivity contribution in [2.75, 3.05) is 13.2 Å². The highest BCUT2D eigenvalue weighted by molar-refractivity contribution is 5.41. The molecule has 1 rings (SSSR count). The van der Waals surface area contributed by atoms with Crippen molar-refractivity contribution >= 4 is 0 Å². The van der Waals surface area contributed by atoms with Gasteiger partial charge in [-0.15, -0.1) is 0 Å². The van der Waals surface area contributed by atoms with Crippen LogP contribution in [0.1, 0.15) is 31.9 Å². The fourth-order valence-electron chi connectivity index (χ4n) is 1.85. The van der Waals surface area contributed by atoms with Crippen LogP contribution in [-0.2, 0) is 11.2 Å². The van der Waals surface area contributed by atoms with E-state index in [1.807, 2.05) is 26.8 Å². The van der Waals surface area contributed by atoms with Crippen LogP contribution in [0, 0.1) is 6.92 Å². The Balaban J connectivity index is 2.62. The molecule has 18 heavy (non-hydrogen) atoms. The van der Waals surface area contributed by atoms with Gasteiger partial charge in [0.05, 0.1) is 12.7 Å². The van der Waals surface area contributed by atoms with Crippen LogP contribution in [0.2, 0.25) is 0 Å². The zero-order chi connectivity index (χ0) is 13.5. The van der Waals surface area contributed by atoms with Crippen LogP contribution in [0.15, 0.2) is 18.2 Å². The van der Waals surface area contributed by atoms with Crippen molar-refractivity contribution in [2.45, 2.75) is 46.3 Å². The molecule has 0 spiro atoms. The number of hydrogen-bond acceptors (Lipinski definition) is 3. The number of rotatable bonds is 7. The average Bonchev–Trinajstić information content (AvgIpc) is 2.26. The molecule has 0 saturated carbocycles. The monoisotopic (exact) mass is 251 g/mol. The van der Waals surface area contributed by atoms with Gasteiger partial charge < -0.3 is 15.2 Å². The van der Waals surface area contributed by atoms with Gasteiger partial charge in [0.2, 0.25) is 0 Å². The lowest BCUT2D eigenvalue weighted by Gasteiger charge is -2.16. The molecule has 0 aliphatic rings. The van der Waals surface area contributed by atoms with E-state index in [0.29, 0.717) is 13.2 Å². The van der Waals surface area contributed by atoms with E-state index in [4.69, 9.17) is 15.2 Å². The van der Waals surface area contributed by atoms with Gasteiger partial charge in [-0.3, -0.25) is 0 Å². The van der Waals surface area contributed by atoms with Gasteiger partial charge in [-0.2, -0.15) is 0 Å². The summed E-state index contributed by atoms with van der Waals surface area (Å²) < 4.78 is 11.3. The van der Waals surface area contributed by atoms with E-state index in [2.05, 4.69) is 19.1 Å². The van der Waals surface area contributed by atoms with Gasteiger partial charge in [-0.25, -0.2) is 0 Å². The van der Waals surface area contributed by atoms with E-state index < -0.39 is 0 Å². The Morgan fingerprint density at radius 3 is 2.50 bits per heavy atom. The summed E-state index contributed by atoms with van der Waals surface area (Å²) in [6.45, 7) is 9.31. The van der Waals surface area contributed by atoms with Crippen molar-refractivity contribution in [2.24, 2.45) is 5.73 Å². The van der Waals surface area contributed by atoms with Crippen LogP contribution in [0.25, 0.3) is 0 Å². The van der Waals surface area contributed by atoms with Gasteiger partial charge in [-0.1, -0.05) is 18.2 Å². The molecule has 0 fully saturated rings. The Morgan fingerprint density at radius 1 is 1.17 bits per heavy atom. The first-order chi connectivity index (χ1) is 8.50. The predicted molar refractivity (Wildman–Crippen MR) is 75.1 cm³/mol. The summed E-state index contributed by atoms with van der Waals surface area (Å²) in [6, 6.07) is 6.32. The number of hydrogen-bond donors (Lipinski definition) is 1. The molecule has 1 atom stereocenters. The number of benzene rings is 1. The van der Waals surface area contributed by atoms with Crippen molar-refractivity contribution < 1.29 is 9.47 Å². The molecular weight excluding hydrogens is 226 g/mol. The molecule has 1 aromatic rings. The van der Waals surface area contributed by atoms with Gasteiger partial charge in [0.15, 0.2) is 0 Å². The fourth-order valence-corrected chi connectivity index (χ4v) is 1.85. The summed E-state index contributed by atoms with van der Waals surface area (Å²) in [5.41, 5.74) is 8.18. The van der Waals surface area contributed by atoms with E-state index in [1.54, 1.807) is 0 Å². The van der Waals surface area contributed by atoms with E-state index in [1.165, 1.54) is 5.56 Å². The molecule has 0 aliphatic carbocycles. The third kappa shape index (κ3) is 5.07. The van der Waals surface area contributed by atoms with E-state index in [9.17, 15) is 0 Å².